The van der Waals surface area contributed by atoms with Gasteiger partial charge >= 0.3 is 0 Å². The van der Waals surface area contributed by atoms with Crippen molar-refractivity contribution in [3.05, 3.63) is 11.4 Å². The first-order chi connectivity index (χ1) is 8.56. The fraction of sp³-hybridized carbons (Fsp3) is 0.692. The van der Waals surface area contributed by atoms with E-state index in [1.165, 1.54) is 0 Å². The number of amides is 1. The quantitative estimate of drug-likeness (QED) is 0.842. The lowest BCUT2D eigenvalue weighted by atomic mass is 10.2. The summed E-state index contributed by atoms with van der Waals surface area (Å²) in [5, 5.41) is 4.29. The highest BCUT2D eigenvalue weighted by molar-refractivity contribution is 5.98. The first-order valence-electron chi connectivity index (χ1n) is 6.68. The highest BCUT2D eigenvalue weighted by Crippen LogP contribution is 2.18. The van der Waals surface area contributed by atoms with Crippen molar-refractivity contribution in [2.75, 3.05) is 18.8 Å². The van der Waals surface area contributed by atoms with Crippen LogP contribution in [0.25, 0.3) is 0 Å². The number of nitrogens with two attached hydrogens (primary N) is 1. The van der Waals surface area contributed by atoms with E-state index in [0.717, 1.165) is 25.1 Å². The van der Waals surface area contributed by atoms with Crippen molar-refractivity contribution in [1.29, 1.82) is 0 Å². The minimum Gasteiger partial charge on any atom is -0.395 e. The van der Waals surface area contributed by atoms with Gasteiger partial charge in [-0.1, -0.05) is 13.3 Å². The number of nitrogen functional groups attached to an aromatic ring is 1. The molecule has 18 heavy (non-hydrogen) atoms. The summed E-state index contributed by atoms with van der Waals surface area (Å²) in [6.45, 7) is 10.0. The smallest absolute Gasteiger partial charge is 0.274 e. The molecule has 0 fully saturated rings. The average Bonchev–Trinajstić information content (AvgIpc) is 2.66. The Morgan fingerprint density at radius 3 is 2.56 bits per heavy atom. The summed E-state index contributed by atoms with van der Waals surface area (Å²) in [6.07, 6.45) is 2.09. The van der Waals surface area contributed by atoms with Gasteiger partial charge in [-0.2, -0.15) is 5.10 Å². The van der Waals surface area contributed by atoms with Crippen molar-refractivity contribution in [3.63, 3.8) is 0 Å². The van der Waals surface area contributed by atoms with Crippen molar-refractivity contribution >= 4 is 11.6 Å². The van der Waals surface area contributed by atoms with Gasteiger partial charge in [0.25, 0.3) is 5.91 Å². The number of carbonyl (C=O) groups excluding carboxylic acids is 1. The maximum absolute atomic E-state index is 12.5. The highest BCUT2D eigenvalue weighted by atomic mass is 16.2. The summed E-state index contributed by atoms with van der Waals surface area (Å²) in [7, 11) is 0. The molecule has 0 aromatic carbocycles. The molecule has 0 unspecified atom stereocenters. The maximum atomic E-state index is 12.5. The molecule has 0 aliphatic rings. The number of aromatic nitrogens is 2. The molecule has 0 saturated carbocycles. The second-order valence-corrected chi connectivity index (χ2v) is 4.40. The van der Waals surface area contributed by atoms with Gasteiger partial charge in [0.1, 0.15) is 5.69 Å². The zero-order valence-electron chi connectivity index (χ0n) is 11.9. The van der Waals surface area contributed by atoms with Crippen molar-refractivity contribution in [2.45, 2.75) is 47.1 Å². The Labute approximate surface area is 109 Å². The molecule has 0 bridgehead atoms. The summed E-state index contributed by atoms with van der Waals surface area (Å²) in [5.74, 6) is -0.00843. The van der Waals surface area contributed by atoms with Crippen LogP contribution in [0.1, 0.15) is 49.8 Å². The van der Waals surface area contributed by atoms with E-state index < -0.39 is 0 Å². The molecule has 1 rings (SSSR count). The maximum Gasteiger partial charge on any atom is 0.274 e. The summed E-state index contributed by atoms with van der Waals surface area (Å²) < 4.78 is 1.70. The predicted molar refractivity (Wildman–Crippen MR) is 73.5 cm³/mol. The summed E-state index contributed by atoms with van der Waals surface area (Å²) in [5.41, 5.74) is 7.74. The van der Waals surface area contributed by atoms with Gasteiger partial charge in [0.15, 0.2) is 0 Å². The molecule has 1 aromatic heterocycles. The van der Waals surface area contributed by atoms with Gasteiger partial charge in [0.05, 0.1) is 11.4 Å². The molecule has 2 N–H and O–H groups in total. The Hall–Kier alpha value is -1.52. The fourth-order valence-corrected chi connectivity index (χ4v) is 1.95. The van der Waals surface area contributed by atoms with E-state index >= 15 is 0 Å². The SMILES string of the molecule is CCCCN(CC)C(=O)c1c(N)c(C)nn1CC. The predicted octanol–water partition coefficient (Wildman–Crippen LogP) is 2.06. The Bertz CT molecular complexity index is 411. The number of hydrogen-bond acceptors (Lipinski definition) is 3. The lowest BCUT2D eigenvalue weighted by Gasteiger charge is -2.21. The minimum absolute atomic E-state index is 0.00843. The Morgan fingerprint density at radius 1 is 1.39 bits per heavy atom. The topological polar surface area (TPSA) is 64.2 Å². The van der Waals surface area contributed by atoms with Crippen LogP contribution in [-0.4, -0.2) is 33.7 Å². The van der Waals surface area contributed by atoms with Gasteiger partial charge in [-0.25, -0.2) is 0 Å². The van der Waals surface area contributed by atoms with E-state index in [0.29, 0.717) is 24.5 Å². The van der Waals surface area contributed by atoms with E-state index in [-0.39, 0.29) is 5.91 Å². The molecule has 0 aliphatic carbocycles. The number of hydrogen-bond donors (Lipinski definition) is 1. The second-order valence-electron chi connectivity index (χ2n) is 4.40. The summed E-state index contributed by atoms with van der Waals surface area (Å²) in [4.78, 5) is 14.3. The van der Waals surface area contributed by atoms with E-state index in [4.69, 9.17) is 5.73 Å². The van der Waals surface area contributed by atoms with E-state index in [9.17, 15) is 4.79 Å². The lowest BCUT2D eigenvalue weighted by Crippen LogP contribution is -2.33. The number of anilines is 1. The number of unbranched alkanes of at least 4 members (excludes halogenated alkanes) is 1. The van der Waals surface area contributed by atoms with Gasteiger partial charge in [-0.05, 0) is 27.2 Å². The average molecular weight is 252 g/mol. The molecule has 1 amide bonds. The van der Waals surface area contributed by atoms with E-state index in [1.54, 1.807) is 4.68 Å². The monoisotopic (exact) mass is 252 g/mol. The minimum atomic E-state index is -0.00843. The van der Waals surface area contributed by atoms with Gasteiger partial charge in [-0.15, -0.1) is 0 Å². The molecule has 0 spiro atoms. The molecule has 1 heterocycles. The van der Waals surface area contributed by atoms with Crippen molar-refractivity contribution in [3.8, 4) is 0 Å². The molecule has 0 aliphatic heterocycles. The highest BCUT2D eigenvalue weighted by Gasteiger charge is 2.23. The lowest BCUT2D eigenvalue weighted by molar-refractivity contribution is 0.0751. The molecular formula is C13H24N4O. The van der Waals surface area contributed by atoms with Crippen LogP contribution in [0.5, 0.6) is 0 Å². The number of rotatable bonds is 6. The molecule has 102 valence electrons. The summed E-state index contributed by atoms with van der Waals surface area (Å²) >= 11 is 0. The standard InChI is InChI=1S/C13H24N4O/c1-5-8-9-16(6-2)13(18)12-11(14)10(4)15-17(12)7-3/h5-9,14H2,1-4H3. The third-order valence-corrected chi connectivity index (χ3v) is 3.13. The third kappa shape index (κ3) is 2.83. The normalized spacial score (nSPS) is 10.7. The third-order valence-electron chi connectivity index (χ3n) is 3.13. The number of aryl methyl sites for hydroxylation is 2. The van der Waals surface area contributed by atoms with Crippen LogP contribution in [0.3, 0.4) is 0 Å². The van der Waals surface area contributed by atoms with Crippen LogP contribution in [0.4, 0.5) is 5.69 Å². The summed E-state index contributed by atoms with van der Waals surface area (Å²) in [6, 6.07) is 0. The Morgan fingerprint density at radius 2 is 2.06 bits per heavy atom. The Kier molecular flexibility index (Phi) is 5.19. The zero-order valence-corrected chi connectivity index (χ0v) is 11.9. The van der Waals surface area contributed by atoms with E-state index in [1.807, 2.05) is 25.7 Å². The van der Waals surface area contributed by atoms with Crippen molar-refractivity contribution in [1.82, 2.24) is 14.7 Å². The van der Waals surface area contributed by atoms with Crippen LogP contribution in [-0.2, 0) is 6.54 Å². The van der Waals surface area contributed by atoms with Gasteiger partial charge < -0.3 is 10.6 Å². The van der Waals surface area contributed by atoms with Crippen LogP contribution >= 0.6 is 0 Å². The van der Waals surface area contributed by atoms with Crippen LogP contribution in [0, 0.1) is 6.92 Å². The van der Waals surface area contributed by atoms with Gasteiger partial charge in [-0.3, -0.25) is 9.48 Å². The van der Waals surface area contributed by atoms with Crippen molar-refractivity contribution < 1.29 is 4.79 Å². The second kappa shape index (κ2) is 6.42. The number of carbonyl (C=O) groups is 1. The molecule has 5 heteroatoms. The number of nitrogens with zero attached hydrogens (tertiary/aromatic N) is 3. The largest absolute Gasteiger partial charge is 0.395 e. The first kappa shape index (κ1) is 14.5. The molecule has 0 atom stereocenters. The molecular weight excluding hydrogens is 228 g/mol. The van der Waals surface area contributed by atoms with Crippen molar-refractivity contribution in [2.24, 2.45) is 0 Å². The molecule has 0 radical (unpaired) electrons. The first-order valence-corrected chi connectivity index (χ1v) is 6.68. The van der Waals surface area contributed by atoms with Crippen LogP contribution < -0.4 is 5.73 Å². The van der Waals surface area contributed by atoms with Crippen LogP contribution in [0.15, 0.2) is 0 Å². The Balaban J connectivity index is 3.00. The van der Waals surface area contributed by atoms with E-state index in [2.05, 4.69) is 12.0 Å². The molecule has 0 saturated heterocycles. The molecule has 5 nitrogen and oxygen atoms in total. The molecule has 1 aromatic rings. The van der Waals surface area contributed by atoms with Crippen LogP contribution in [0.2, 0.25) is 0 Å². The van der Waals surface area contributed by atoms with Gasteiger partial charge in [0, 0.05) is 19.6 Å². The fourth-order valence-electron chi connectivity index (χ4n) is 1.95. The van der Waals surface area contributed by atoms with Gasteiger partial charge in [0.2, 0.25) is 0 Å². The zero-order chi connectivity index (χ0) is 13.7.